The molecule has 0 aromatic heterocycles. The molecule has 122 valence electrons. The molecule has 0 spiro atoms. The lowest BCUT2D eigenvalue weighted by molar-refractivity contribution is -0.122. The highest BCUT2D eigenvalue weighted by Crippen LogP contribution is 2.18. The highest BCUT2D eigenvalue weighted by Gasteiger charge is 2.28. The van der Waals surface area contributed by atoms with Crippen LogP contribution in [0, 0.1) is 0 Å². The summed E-state index contributed by atoms with van der Waals surface area (Å²) in [6, 6.07) is 7.59. The lowest BCUT2D eigenvalue weighted by atomic mass is 10.0. The van der Waals surface area contributed by atoms with E-state index in [4.69, 9.17) is 4.74 Å². The molecule has 1 aromatic rings. The van der Waals surface area contributed by atoms with Gasteiger partial charge in [0.1, 0.15) is 5.75 Å². The van der Waals surface area contributed by atoms with Gasteiger partial charge in [-0.2, -0.15) is 0 Å². The molecule has 0 unspecified atom stereocenters. The van der Waals surface area contributed by atoms with Gasteiger partial charge in [0, 0.05) is 6.04 Å². The quantitative estimate of drug-likeness (QED) is 0.867. The van der Waals surface area contributed by atoms with Crippen LogP contribution in [0.15, 0.2) is 24.3 Å². The van der Waals surface area contributed by atoms with Gasteiger partial charge in [0.05, 0.1) is 24.5 Å². The van der Waals surface area contributed by atoms with E-state index in [2.05, 4.69) is 19.2 Å². The molecular formula is C16H23NO4S. The van der Waals surface area contributed by atoms with Crippen LogP contribution in [0.3, 0.4) is 0 Å². The SMILES string of the molecule is CC(C)c1ccc(OCCC(=O)N[C@H]2CCS(=O)(=O)C2)cc1. The molecule has 2 rings (SSSR count). The van der Waals surface area contributed by atoms with E-state index in [0.29, 0.717) is 12.3 Å². The zero-order valence-corrected chi connectivity index (χ0v) is 13.9. The van der Waals surface area contributed by atoms with Crippen molar-refractivity contribution in [3.8, 4) is 5.75 Å². The molecule has 0 aliphatic carbocycles. The summed E-state index contributed by atoms with van der Waals surface area (Å²) in [5, 5.41) is 2.75. The van der Waals surface area contributed by atoms with Crippen LogP contribution in [0.2, 0.25) is 0 Å². The van der Waals surface area contributed by atoms with Gasteiger partial charge in [-0.1, -0.05) is 26.0 Å². The Labute approximate surface area is 132 Å². The Morgan fingerprint density at radius 3 is 2.55 bits per heavy atom. The highest BCUT2D eigenvalue weighted by atomic mass is 32.2. The molecule has 22 heavy (non-hydrogen) atoms. The second-order valence-corrected chi connectivity index (χ2v) is 8.22. The molecule has 1 saturated heterocycles. The van der Waals surface area contributed by atoms with Crippen molar-refractivity contribution in [1.29, 1.82) is 0 Å². The van der Waals surface area contributed by atoms with Crippen molar-refractivity contribution in [2.24, 2.45) is 0 Å². The summed E-state index contributed by atoms with van der Waals surface area (Å²) in [5.74, 6) is 1.26. The maximum absolute atomic E-state index is 11.8. The minimum absolute atomic E-state index is 0.0518. The smallest absolute Gasteiger partial charge is 0.223 e. The number of nitrogens with one attached hydrogen (secondary N) is 1. The Balaban J connectivity index is 1.71. The maximum atomic E-state index is 11.8. The van der Waals surface area contributed by atoms with Crippen LogP contribution in [0.25, 0.3) is 0 Å². The monoisotopic (exact) mass is 325 g/mol. The largest absolute Gasteiger partial charge is 0.493 e. The standard InChI is InChI=1S/C16H23NO4S/c1-12(2)13-3-5-15(6-4-13)21-9-7-16(18)17-14-8-10-22(19,20)11-14/h3-6,12,14H,7-11H2,1-2H3,(H,17,18)/t14-/m0/s1. The van der Waals surface area contributed by atoms with E-state index < -0.39 is 9.84 Å². The van der Waals surface area contributed by atoms with Crippen molar-refractivity contribution < 1.29 is 17.9 Å². The summed E-state index contributed by atoms with van der Waals surface area (Å²) < 4.78 is 28.2. The lowest BCUT2D eigenvalue weighted by Crippen LogP contribution is -2.36. The first-order valence-electron chi connectivity index (χ1n) is 7.58. The van der Waals surface area contributed by atoms with E-state index in [9.17, 15) is 13.2 Å². The van der Waals surface area contributed by atoms with Crippen LogP contribution < -0.4 is 10.1 Å². The Bertz CT molecular complexity index is 608. The van der Waals surface area contributed by atoms with E-state index in [1.807, 2.05) is 24.3 Å². The first-order chi connectivity index (χ1) is 10.4. The maximum Gasteiger partial charge on any atom is 0.223 e. The van der Waals surface area contributed by atoms with Gasteiger partial charge in [-0.25, -0.2) is 8.42 Å². The van der Waals surface area contributed by atoms with Gasteiger partial charge in [-0.15, -0.1) is 0 Å². The number of benzene rings is 1. The molecule has 6 heteroatoms. The van der Waals surface area contributed by atoms with Crippen molar-refractivity contribution in [3.63, 3.8) is 0 Å². The summed E-state index contributed by atoms with van der Waals surface area (Å²) in [6.07, 6.45) is 0.730. The average molecular weight is 325 g/mol. The molecule has 0 saturated carbocycles. The zero-order chi connectivity index (χ0) is 16.2. The van der Waals surface area contributed by atoms with Gasteiger partial charge in [0.25, 0.3) is 0 Å². The average Bonchev–Trinajstić information content (AvgIpc) is 2.78. The van der Waals surface area contributed by atoms with Gasteiger partial charge >= 0.3 is 0 Å². The normalized spacial score (nSPS) is 20.0. The fraction of sp³-hybridized carbons (Fsp3) is 0.562. The third-order valence-corrected chi connectivity index (χ3v) is 5.51. The van der Waals surface area contributed by atoms with E-state index >= 15 is 0 Å². The van der Waals surface area contributed by atoms with Crippen molar-refractivity contribution in [2.75, 3.05) is 18.1 Å². The molecule has 0 radical (unpaired) electrons. The lowest BCUT2D eigenvalue weighted by Gasteiger charge is -2.12. The Kier molecular flexibility index (Phi) is 5.45. The van der Waals surface area contributed by atoms with Crippen molar-refractivity contribution in [1.82, 2.24) is 5.32 Å². The van der Waals surface area contributed by atoms with E-state index in [1.165, 1.54) is 5.56 Å². The Morgan fingerprint density at radius 1 is 1.32 bits per heavy atom. The third-order valence-electron chi connectivity index (χ3n) is 3.74. The van der Waals surface area contributed by atoms with Crippen LogP contribution in [0.5, 0.6) is 5.75 Å². The molecule has 1 amide bonds. The first-order valence-corrected chi connectivity index (χ1v) is 9.40. The van der Waals surface area contributed by atoms with Crippen molar-refractivity contribution in [2.45, 2.75) is 38.6 Å². The number of sulfone groups is 1. The molecule has 1 atom stereocenters. The summed E-state index contributed by atoms with van der Waals surface area (Å²) >= 11 is 0. The number of hydrogen-bond donors (Lipinski definition) is 1. The second kappa shape index (κ2) is 7.13. The minimum atomic E-state index is -2.96. The molecular weight excluding hydrogens is 302 g/mol. The summed E-state index contributed by atoms with van der Waals surface area (Å²) in [7, 11) is -2.96. The molecule has 1 aliphatic rings. The Hall–Kier alpha value is -1.56. The molecule has 1 fully saturated rings. The van der Waals surface area contributed by atoms with Crippen LogP contribution in [0.1, 0.15) is 38.2 Å². The number of hydrogen-bond acceptors (Lipinski definition) is 4. The molecule has 5 nitrogen and oxygen atoms in total. The van der Waals surface area contributed by atoms with Gasteiger partial charge in [0.2, 0.25) is 5.91 Å². The number of rotatable bonds is 6. The molecule has 1 heterocycles. The summed E-state index contributed by atoms with van der Waals surface area (Å²) in [6.45, 7) is 4.54. The Morgan fingerprint density at radius 2 is 2.00 bits per heavy atom. The minimum Gasteiger partial charge on any atom is -0.493 e. The number of carbonyl (C=O) groups is 1. The van der Waals surface area contributed by atoms with Crippen LogP contribution in [-0.2, 0) is 14.6 Å². The van der Waals surface area contributed by atoms with Gasteiger partial charge < -0.3 is 10.1 Å². The van der Waals surface area contributed by atoms with Crippen molar-refractivity contribution in [3.05, 3.63) is 29.8 Å². The van der Waals surface area contributed by atoms with Crippen LogP contribution in [0.4, 0.5) is 0 Å². The van der Waals surface area contributed by atoms with Gasteiger partial charge in [-0.3, -0.25) is 4.79 Å². The number of ether oxygens (including phenoxy) is 1. The topological polar surface area (TPSA) is 72.5 Å². The molecule has 1 aromatic carbocycles. The molecule has 1 N–H and O–H groups in total. The predicted molar refractivity (Wildman–Crippen MR) is 85.8 cm³/mol. The molecule has 1 aliphatic heterocycles. The van der Waals surface area contributed by atoms with Crippen LogP contribution in [-0.4, -0.2) is 38.5 Å². The van der Waals surface area contributed by atoms with E-state index in [1.54, 1.807) is 0 Å². The van der Waals surface area contributed by atoms with Crippen LogP contribution >= 0.6 is 0 Å². The fourth-order valence-electron chi connectivity index (χ4n) is 2.42. The first kappa shape index (κ1) is 16.8. The summed E-state index contributed by atoms with van der Waals surface area (Å²) in [5.41, 5.74) is 1.24. The molecule has 0 bridgehead atoms. The highest BCUT2D eigenvalue weighted by molar-refractivity contribution is 7.91. The van der Waals surface area contributed by atoms with Gasteiger partial charge in [-0.05, 0) is 30.0 Å². The zero-order valence-electron chi connectivity index (χ0n) is 13.0. The van der Waals surface area contributed by atoms with E-state index in [0.717, 1.165) is 5.75 Å². The predicted octanol–water partition coefficient (Wildman–Crippen LogP) is 1.88. The number of carbonyl (C=O) groups excluding carboxylic acids is 1. The van der Waals surface area contributed by atoms with Gasteiger partial charge in [0.15, 0.2) is 9.84 Å². The number of amides is 1. The van der Waals surface area contributed by atoms with E-state index in [-0.39, 0.29) is 36.5 Å². The fourth-order valence-corrected chi connectivity index (χ4v) is 4.09. The summed E-state index contributed by atoms with van der Waals surface area (Å²) in [4.78, 5) is 11.8. The van der Waals surface area contributed by atoms with Crippen molar-refractivity contribution >= 4 is 15.7 Å². The third kappa shape index (κ3) is 5.02. The second-order valence-electron chi connectivity index (χ2n) is 5.99.